The van der Waals surface area contributed by atoms with Crippen LogP contribution in [0.25, 0.3) is 0 Å². The summed E-state index contributed by atoms with van der Waals surface area (Å²) in [5.41, 5.74) is 6.34. The largest absolute Gasteiger partial charge is 0.377 e. The third-order valence-corrected chi connectivity index (χ3v) is 6.06. The number of rotatable bonds is 6. The van der Waals surface area contributed by atoms with E-state index in [4.69, 9.17) is 22.1 Å². The first kappa shape index (κ1) is 16.7. The third kappa shape index (κ3) is 3.76. The lowest BCUT2D eigenvalue weighted by Crippen LogP contribution is -2.37. The van der Waals surface area contributed by atoms with Crippen LogP contribution in [0, 0.1) is 0 Å². The van der Waals surface area contributed by atoms with Crippen molar-refractivity contribution in [1.82, 2.24) is 4.31 Å². The van der Waals surface area contributed by atoms with Crippen molar-refractivity contribution in [3.8, 4) is 0 Å². The fourth-order valence-electron chi connectivity index (χ4n) is 2.43. The van der Waals surface area contributed by atoms with Gasteiger partial charge in [-0.25, -0.2) is 8.42 Å². The van der Waals surface area contributed by atoms with Crippen molar-refractivity contribution < 1.29 is 13.2 Å². The maximum absolute atomic E-state index is 12.7. The number of likely N-dealkylation sites (N-methyl/N-ethyl adjacent to an activating group) is 1. The van der Waals surface area contributed by atoms with Crippen molar-refractivity contribution in [1.29, 1.82) is 0 Å². The summed E-state index contributed by atoms with van der Waals surface area (Å²) >= 11 is 6.12. The molecule has 21 heavy (non-hydrogen) atoms. The number of hydrogen-bond donors (Lipinski definition) is 1. The van der Waals surface area contributed by atoms with Gasteiger partial charge in [-0.05, 0) is 30.5 Å². The van der Waals surface area contributed by atoms with Gasteiger partial charge >= 0.3 is 0 Å². The van der Waals surface area contributed by atoms with E-state index in [1.165, 1.54) is 10.4 Å². The molecule has 0 amide bonds. The maximum atomic E-state index is 12.7. The van der Waals surface area contributed by atoms with Crippen LogP contribution in [0.3, 0.4) is 0 Å². The van der Waals surface area contributed by atoms with Gasteiger partial charge in [0.25, 0.3) is 0 Å². The normalized spacial score (nSPS) is 19.3. The molecule has 5 nitrogen and oxygen atoms in total. The molecule has 1 atom stereocenters. The number of halogens is 1. The van der Waals surface area contributed by atoms with Gasteiger partial charge < -0.3 is 10.5 Å². The Balaban J connectivity index is 2.25. The van der Waals surface area contributed by atoms with Crippen LogP contribution in [-0.4, -0.2) is 38.5 Å². The van der Waals surface area contributed by atoms with Crippen molar-refractivity contribution in [3.05, 3.63) is 28.8 Å². The molecule has 1 heterocycles. The highest BCUT2D eigenvalue weighted by atomic mass is 35.5. The van der Waals surface area contributed by atoms with Crippen molar-refractivity contribution in [2.45, 2.75) is 37.3 Å². The van der Waals surface area contributed by atoms with Crippen LogP contribution in [0.2, 0.25) is 5.02 Å². The quantitative estimate of drug-likeness (QED) is 0.864. The Morgan fingerprint density at radius 2 is 2.24 bits per heavy atom. The van der Waals surface area contributed by atoms with E-state index in [0.717, 1.165) is 18.4 Å². The van der Waals surface area contributed by atoms with Crippen LogP contribution in [0.1, 0.15) is 25.3 Å². The summed E-state index contributed by atoms with van der Waals surface area (Å²) in [6.07, 6.45) is 1.85. The molecule has 0 spiro atoms. The van der Waals surface area contributed by atoms with Crippen molar-refractivity contribution in [2.75, 3.05) is 19.7 Å². The van der Waals surface area contributed by atoms with Gasteiger partial charge in [0.05, 0.1) is 11.1 Å². The lowest BCUT2D eigenvalue weighted by Gasteiger charge is -2.24. The van der Waals surface area contributed by atoms with E-state index in [-0.39, 0.29) is 16.0 Å². The number of nitrogens with zero attached hydrogens (tertiary/aromatic N) is 1. The molecule has 7 heteroatoms. The van der Waals surface area contributed by atoms with Crippen molar-refractivity contribution in [3.63, 3.8) is 0 Å². The molecule has 1 saturated heterocycles. The average Bonchev–Trinajstić information content (AvgIpc) is 2.97. The summed E-state index contributed by atoms with van der Waals surface area (Å²) in [4.78, 5) is 0.126. The summed E-state index contributed by atoms with van der Waals surface area (Å²) in [5.74, 6) is 0. The Morgan fingerprint density at radius 1 is 1.48 bits per heavy atom. The molecule has 1 aliphatic heterocycles. The molecule has 1 fully saturated rings. The second-order valence-corrected chi connectivity index (χ2v) is 7.37. The molecule has 0 saturated carbocycles. The summed E-state index contributed by atoms with van der Waals surface area (Å²) in [5, 5.41) is 0.212. The standard InChI is InChI=1S/C14H21ClN2O3S/c1-2-17(10-12-4-3-7-20-12)21(18,19)14-6-5-11(9-16)8-13(14)15/h5-6,8,12H,2-4,7,9-10,16H2,1H3. The van der Waals surface area contributed by atoms with Gasteiger partial charge in [0.1, 0.15) is 4.90 Å². The highest BCUT2D eigenvalue weighted by Gasteiger charge is 2.29. The van der Waals surface area contributed by atoms with E-state index in [9.17, 15) is 8.42 Å². The molecule has 1 aromatic carbocycles. The molecule has 0 aliphatic carbocycles. The lowest BCUT2D eigenvalue weighted by atomic mass is 10.2. The maximum Gasteiger partial charge on any atom is 0.244 e. The van der Waals surface area contributed by atoms with Crippen LogP contribution in [0.15, 0.2) is 23.1 Å². The van der Waals surface area contributed by atoms with E-state index in [2.05, 4.69) is 0 Å². The van der Waals surface area contributed by atoms with Crippen LogP contribution in [0.4, 0.5) is 0 Å². The molecular weight excluding hydrogens is 312 g/mol. The molecule has 2 N–H and O–H groups in total. The van der Waals surface area contributed by atoms with E-state index >= 15 is 0 Å². The molecule has 1 unspecified atom stereocenters. The Hall–Kier alpha value is -0.660. The van der Waals surface area contributed by atoms with Crippen LogP contribution in [0.5, 0.6) is 0 Å². The third-order valence-electron chi connectivity index (χ3n) is 3.63. The van der Waals surface area contributed by atoms with E-state index in [0.29, 0.717) is 26.2 Å². The first-order valence-corrected chi connectivity index (χ1v) is 8.91. The molecule has 118 valence electrons. The van der Waals surface area contributed by atoms with E-state index in [1.54, 1.807) is 12.1 Å². The van der Waals surface area contributed by atoms with Gasteiger partial charge in [-0.1, -0.05) is 24.6 Å². The highest BCUT2D eigenvalue weighted by molar-refractivity contribution is 7.89. The summed E-state index contributed by atoms with van der Waals surface area (Å²) in [7, 11) is -3.61. The van der Waals surface area contributed by atoms with Crippen LogP contribution >= 0.6 is 11.6 Å². The Labute approximate surface area is 131 Å². The monoisotopic (exact) mass is 332 g/mol. The molecular formula is C14H21ClN2O3S. The predicted octanol–water partition coefficient (Wildman–Crippen LogP) is 1.99. The molecule has 1 aliphatic rings. The number of hydrogen-bond acceptors (Lipinski definition) is 4. The number of sulfonamides is 1. The minimum atomic E-state index is -3.61. The smallest absolute Gasteiger partial charge is 0.244 e. The van der Waals surface area contributed by atoms with Gasteiger partial charge in [-0.3, -0.25) is 0 Å². The molecule has 0 bridgehead atoms. The van der Waals surface area contributed by atoms with Crippen LogP contribution in [-0.2, 0) is 21.3 Å². The first-order valence-electron chi connectivity index (χ1n) is 7.09. The van der Waals surface area contributed by atoms with Gasteiger partial charge in [-0.2, -0.15) is 4.31 Å². The molecule has 2 rings (SSSR count). The van der Waals surface area contributed by atoms with Gasteiger partial charge in [-0.15, -0.1) is 0 Å². The SMILES string of the molecule is CCN(CC1CCCO1)S(=O)(=O)c1ccc(CN)cc1Cl. The molecule has 0 aromatic heterocycles. The summed E-state index contributed by atoms with van der Waals surface area (Å²) in [6, 6.07) is 4.82. The zero-order valence-electron chi connectivity index (χ0n) is 12.1. The molecule has 0 radical (unpaired) electrons. The lowest BCUT2D eigenvalue weighted by molar-refractivity contribution is 0.0947. The second kappa shape index (κ2) is 7.07. The van der Waals surface area contributed by atoms with Gasteiger partial charge in [0.2, 0.25) is 10.0 Å². The fourth-order valence-corrected chi connectivity index (χ4v) is 4.45. The van der Waals surface area contributed by atoms with E-state index in [1.807, 2.05) is 6.92 Å². The predicted molar refractivity (Wildman–Crippen MR) is 82.8 cm³/mol. The van der Waals surface area contributed by atoms with Gasteiger partial charge in [0.15, 0.2) is 0 Å². The number of nitrogens with two attached hydrogens (primary N) is 1. The average molecular weight is 333 g/mol. The topological polar surface area (TPSA) is 72.6 Å². The first-order chi connectivity index (χ1) is 9.98. The Kier molecular flexibility index (Phi) is 5.62. The second-order valence-electron chi connectivity index (χ2n) is 5.06. The zero-order chi connectivity index (χ0) is 15.5. The van der Waals surface area contributed by atoms with Crippen molar-refractivity contribution >= 4 is 21.6 Å². The highest BCUT2D eigenvalue weighted by Crippen LogP contribution is 2.27. The molecule has 1 aromatic rings. The summed E-state index contributed by atoms with van der Waals surface area (Å²) in [6.45, 7) is 3.60. The van der Waals surface area contributed by atoms with Gasteiger partial charge in [0, 0.05) is 26.2 Å². The van der Waals surface area contributed by atoms with Crippen LogP contribution < -0.4 is 5.73 Å². The summed E-state index contributed by atoms with van der Waals surface area (Å²) < 4.78 is 32.4. The Morgan fingerprint density at radius 3 is 2.76 bits per heavy atom. The van der Waals surface area contributed by atoms with E-state index < -0.39 is 10.0 Å². The minimum Gasteiger partial charge on any atom is -0.377 e. The minimum absolute atomic E-state index is 0.0261. The number of benzene rings is 1. The number of ether oxygens (including phenoxy) is 1. The zero-order valence-corrected chi connectivity index (χ0v) is 13.7. The Bertz CT molecular complexity index is 586. The van der Waals surface area contributed by atoms with Crippen molar-refractivity contribution in [2.24, 2.45) is 5.73 Å². The fraction of sp³-hybridized carbons (Fsp3) is 0.571.